The first kappa shape index (κ1) is 23.8. The first-order chi connectivity index (χ1) is 17.3. The number of fused-ring (bicyclic) bond motifs is 1. The predicted octanol–water partition coefficient (Wildman–Crippen LogP) is 6.85. The zero-order chi connectivity index (χ0) is 25.4. The number of amides is 1. The molecule has 0 radical (unpaired) electrons. The van der Waals surface area contributed by atoms with Crippen LogP contribution in [-0.4, -0.2) is 28.9 Å². The third-order valence-electron chi connectivity index (χ3n) is 6.56. The minimum absolute atomic E-state index is 0.0844. The summed E-state index contributed by atoms with van der Waals surface area (Å²) >= 11 is 6.35. The van der Waals surface area contributed by atoms with Gasteiger partial charge in [-0.1, -0.05) is 24.6 Å². The van der Waals surface area contributed by atoms with Crippen LogP contribution in [0.25, 0.3) is 22.6 Å². The number of nitro benzene ring substituents is 1. The van der Waals surface area contributed by atoms with Gasteiger partial charge in [0.2, 0.25) is 5.89 Å². The molecule has 36 heavy (non-hydrogen) atoms. The van der Waals surface area contributed by atoms with Crippen LogP contribution in [-0.2, 0) is 0 Å². The topological polar surface area (TPSA) is 102 Å². The highest BCUT2D eigenvalue weighted by Crippen LogP contribution is 2.34. The first-order valence-electron chi connectivity index (χ1n) is 11.8. The molecule has 8 nitrogen and oxygen atoms in total. The number of nitro groups is 1. The maximum Gasteiger partial charge on any atom is 0.293 e. The molecule has 1 aromatic heterocycles. The van der Waals surface area contributed by atoms with Gasteiger partial charge in [0.05, 0.1) is 15.6 Å². The van der Waals surface area contributed by atoms with Gasteiger partial charge in [0, 0.05) is 30.3 Å². The van der Waals surface area contributed by atoms with Crippen molar-refractivity contribution in [3.63, 3.8) is 0 Å². The number of hydrogen-bond donors (Lipinski definition) is 1. The molecule has 5 rings (SSSR count). The number of nitrogens with one attached hydrogen (secondary N) is 1. The Labute approximate surface area is 213 Å². The van der Waals surface area contributed by atoms with Gasteiger partial charge in [-0.05, 0) is 73.7 Å². The Kier molecular flexibility index (Phi) is 6.36. The lowest BCUT2D eigenvalue weighted by Crippen LogP contribution is -2.33. The molecule has 0 atom stereocenters. The largest absolute Gasteiger partial charge is 0.436 e. The summed E-state index contributed by atoms with van der Waals surface area (Å²) in [6, 6.07) is 15.4. The molecular weight excluding hydrogens is 480 g/mol. The van der Waals surface area contributed by atoms with Crippen molar-refractivity contribution in [1.29, 1.82) is 0 Å². The third kappa shape index (κ3) is 4.77. The molecule has 9 heteroatoms. The van der Waals surface area contributed by atoms with Crippen molar-refractivity contribution >= 4 is 45.7 Å². The van der Waals surface area contributed by atoms with E-state index in [1.807, 2.05) is 30.0 Å². The smallest absolute Gasteiger partial charge is 0.293 e. The Balaban J connectivity index is 1.41. The Hall–Kier alpha value is -3.91. The standard InChI is InChI=1S/C27H25ClN4O4/c1-16-9-11-31(12-10-16)23-7-5-18(15-24(23)32(34)35)26(33)29-21-14-19(4-6-20(21)28)27-30-22-13-17(2)3-8-25(22)36-27/h3-8,13-16H,9-12H2,1-2H3,(H,29,33). The van der Waals surface area contributed by atoms with E-state index >= 15 is 0 Å². The lowest BCUT2D eigenvalue weighted by Gasteiger charge is -2.31. The summed E-state index contributed by atoms with van der Waals surface area (Å²) in [7, 11) is 0. The SMILES string of the molecule is Cc1ccc2oc(-c3ccc(Cl)c(NC(=O)c4ccc(N5CCC(C)CC5)c([N+](=O)[O-])c4)c3)nc2c1. The van der Waals surface area contributed by atoms with Crippen molar-refractivity contribution in [3.05, 3.63) is 80.9 Å². The molecular formula is C27H25ClN4O4. The van der Waals surface area contributed by atoms with Gasteiger partial charge in [-0.25, -0.2) is 4.98 Å². The normalized spacial score (nSPS) is 14.2. The highest BCUT2D eigenvalue weighted by molar-refractivity contribution is 6.34. The second-order valence-corrected chi connectivity index (χ2v) is 9.68. The number of anilines is 2. The van der Waals surface area contributed by atoms with Gasteiger partial charge >= 0.3 is 0 Å². The number of hydrogen-bond acceptors (Lipinski definition) is 6. The number of carbonyl (C=O) groups excluding carboxylic acids is 1. The van der Waals surface area contributed by atoms with Gasteiger partial charge in [-0.2, -0.15) is 0 Å². The highest BCUT2D eigenvalue weighted by Gasteiger charge is 2.25. The van der Waals surface area contributed by atoms with Gasteiger partial charge in [-0.15, -0.1) is 0 Å². The summed E-state index contributed by atoms with van der Waals surface area (Å²) in [4.78, 5) is 31.0. The molecule has 0 saturated carbocycles. The molecule has 3 aromatic carbocycles. The molecule has 1 amide bonds. The van der Waals surface area contributed by atoms with Gasteiger partial charge in [-0.3, -0.25) is 14.9 Å². The van der Waals surface area contributed by atoms with E-state index in [4.69, 9.17) is 16.0 Å². The summed E-state index contributed by atoms with van der Waals surface area (Å²) in [6.45, 7) is 5.68. The maximum absolute atomic E-state index is 13.1. The van der Waals surface area contributed by atoms with E-state index in [0.717, 1.165) is 37.0 Å². The van der Waals surface area contributed by atoms with E-state index in [1.165, 1.54) is 6.07 Å². The van der Waals surface area contributed by atoms with Crippen molar-refractivity contribution in [3.8, 4) is 11.5 Å². The summed E-state index contributed by atoms with van der Waals surface area (Å²) in [5.41, 5.74) is 4.09. The van der Waals surface area contributed by atoms with Crippen molar-refractivity contribution in [1.82, 2.24) is 4.98 Å². The Morgan fingerprint density at radius 2 is 1.92 bits per heavy atom. The molecule has 0 aliphatic carbocycles. The molecule has 4 aromatic rings. The number of benzene rings is 3. The van der Waals surface area contributed by atoms with E-state index < -0.39 is 10.8 Å². The molecule has 184 valence electrons. The predicted molar refractivity (Wildman–Crippen MR) is 141 cm³/mol. The zero-order valence-corrected chi connectivity index (χ0v) is 20.7. The summed E-state index contributed by atoms with van der Waals surface area (Å²) < 4.78 is 5.87. The zero-order valence-electron chi connectivity index (χ0n) is 20.0. The summed E-state index contributed by atoms with van der Waals surface area (Å²) in [5.74, 6) is 0.507. The quantitative estimate of drug-likeness (QED) is 0.235. The Bertz CT molecular complexity index is 1470. The van der Waals surface area contributed by atoms with Crippen molar-refractivity contribution in [2.24, 2.45) is 5.92 Å². The molecule has 0 spiro atoms. The monoisotopic (exact) mass is 504 g/mol. The van der Waals surface area contributed by atoms with Crippen LogP contribution in [0.2, 0.25) is 5.02 Å². The fourth-order valence-electron chi connectivity index (χ4n) is 4.44. The Morgan fingerprint density at radius 3 is 2.67 bits per heavy atom. The second-order valence-electron chi connectivity index (χ2n) is 9.27. The molecule has 1 saturated heterocycles. The highest BCUT2D eigenvalue weighted by atomic mass is 35.5. The van der Waals surface area contributed by atoms with Crippen LogP contribution in [0, 0.1) is 23.0 Å². The van der Waals surface area contributed by atoms with Gasteiger partial charge in [0.25, 0.3) is 11.6 Å². The van der Waals surface area contributed by atoms with Gasteiger partial charge in [0.15, 0.2) is 5.58 Å². The van der Waals surface area contributed by atoms with Crippen LogP contribution in [0.3, 0.4) is 0 Å². The number of piperidine rings is 1. The number of halogens is 1. The third-order valence-corrected chi connectivity index (χ3v) is 6.89. The maximum atomic E-state index is 13.1. The number of aromatic nitrogens is 1. The lowest BCUT2D eigenvalue weighted by molar-refractivity contribution is -0.384. The van der Waals surface area contributed by atoms with Crippen LogP contribution >= 0.6 is 11.6 Å². The van der Waals surface area contributed by atoms with Crippen LogP contribution < -0.4 is 10.2 Å². The molecule has 0 unspecified atom stereocenters. The number of rotatable bonds is 5. The fourth-order valence-corrected chi connectivity index (χ4v) is 4.60. The number of oxazole rings is 1. The van der Waals surface area contributed by atoms with E-state index in [2.05, 4.69) is 17.2 Å². The minimum Gasteiger partial charge on any atom is -0.436 e. The van der Waals surface area contributed by atoms with Crippen LogP contribution in [0.4, 0.5) is 17.1 Å². The number of nitrogens with zero attached hydrogens (tertiary/aromatic N) is 3. The fraction of sp³-hybridized carbons (Fsp3) is 0.259. The van der Waals surface area contributed by atoms with Crippen LogP contribution in [0.1, 0.15) is 35.7 Å². The average molecular weight is 505 g/mol. The van der Waals surface area contributed by atoms with Gasteiger partial charge in [0.1, 0.15) is 11.2 Å². The van der Waals surface area contributed by atoms with Crippen molar-refractivity contribution < 1.29 is 14.1 Å². The lowest BCUT2D eigenvalue weighted by atomic mass is 9.98. The van der Waals surface area contributed by atoms with Crippen molar-refractivity contribution in [2.75, 3.05) is 23.3 Å². The molecule has 1 aliphatic rings. The van der Waals surface area contributed by atoms with E-state index in [-0.39, 0.29) is 11.3 Å². The molecule has 0 bridgehead atoms. The van der Waals surface area contributed by atoms with E-state index in [1.54, 1.807) is 30.3 Å². The summed E-state index contributed by atoms with van der Waals surface area (Å²) in [6.07, 6.45) is 1.96. The Morgan fingerprint density at radius 1 is 1.14 bits per heavy atom. The van der Waals surface area contributed by atoms with Gasteiger partial charge < -0.3 is 14.6 Å². The average Bonchev–Trinajstić information content (AvgIpc) is 3.28. The molecule has 1 fully saturated rings. The number of aryl methyl sites for hydroxylation is 1. The van der Waals surface area contributed by atoms with Crippen LogP contribution in [0.5, 0.6) is 0 Å². The van der Waals surface area contributed by atoms with E-state index in [9.17, 15) is 14.9 Å². The summed E-state index contributed by atoms with van der Waals surface area (Å²) in [5, 5.41) is 14.9. The second kappa shape index (κ2) is 9.62. The minimum atomic E-state index is -0.496. The molecule has 1 aliphatic heterocycles. The molecule has 2 heterocycles. The van der Waals surface area contributed by atoms with E-state index in [0.29, 0.717) is 39.4 Å². The van der Waals surface area contributed by atoms with Crippen molar-refractivity contribution in [2.45, 2.75) is 26.7 Å². The molecule has 1 N–H and O–H groups in total. The van der Waals surface area contributed by atoms with Crippen LogP contribution in [0.15, 0.2) is 59.0 Å². The number of carbonyl (C=O) groups is 1. The first-order valence-corrected chi connectivity index (χ1v) is 12.2.